The molecule has 0 aromatic heterocycles. The van der Waals surface area contributed by atoms with Gasteiger partial charge in [-0.2, -0.15) is 0 Å². The molecule has 0 bridgehead atoms. The zero-order valence-electron chi connectivity index (χ0n) is 15.8. The minimum atomic E-state index is 0.614. The molecular formula is C20H28N2O3. The summed E-state index contributed by atoms with van der Waals surface area (Å²) in [7, 11) is 9.08. The zero-order valence-corrected chi connectivity index (χ0v) is 15.8. The molecule has 5 nitrogen and oxygen atoms in total. The van der Waals surface area contributed by atoms with Gasteiger partial charge in [-0.1, -0.05) is 30.3 Å². The first-order valence-corrected chi connectivity index (χ1v) is 8.32. The van der Waals surface area contributed by atoms with Gasteiger partial charge in [-0.05, 0) is 12.6 Å². The van der Waals surface area contributed by atoms with Crippen LogP contribution in [0.5, 0.6) is 17.2 Å². The average molecular weight is 344 g/mol. The lowest BCUT2D eigenvalue weighted by Gasteiger charge is -2.25. The van der Waals surface area contributed by atoms with Gasteiger partial charge in [-0.15, -0.1) is 0 Å². The van der Waals surface area contributed by atoms with Gasteiger partial charge in [-0.25, -0.2) is 0 Å². The van der Waals surface area contributed by atoms with Crippen molar-refractivity contribution >= 4 is 5.69 Å². The lowest BCUT2D eigenvalue weighted by Crippen LogP contribution is -2.30. The maximum atomic E-state index is 5.43. The molecular weight excluding hydrogens is 316 g/mol. The third kappa shape index (κ3) is 5.03. The van der Waals surface area contributed by atoms with Gasteiger partial charge < -0.3 is 24.0 Å². The van der Waals surface area contributed by atoms with Crippen molar-refractivity contribution in [3.8, 4) is 17.2 Å². The molecule has 0 saturated carbocycles. The second kappa shape index (κ2) is 9.18. The Morgan fingerprint density at radius 2 is 1.40 bits per heavy atom. The van der Waals surface area contributed by atoms with Crippen molar-refractivity contribution in [2.45, 2.75) is 6.54 Å². The van der Waals surface area contributed by atoms with Gasteiger partial charge in [0.1, 0.15) is 0 Å². The number of benzene rings is 2. The van der Waals surface area contributed by atoms with E-state index in [4.69, 9.17) is 14.2 Å². The predicted octanol–water partition coefficient (Wildman–Crippen LogP) is 3.28. The van der Waals surface area contributed by atoms with Crippen molar-refractivity contribution < 1.29 is 14.2 Å². The van der Waals surface area contributed by atoms with E-state index in [2.05, 4.69) is 48.2 Å². The fourth-order valence-corrected chi connectivity index (χ4v) is 2.71. The molecule has 5 heteroatoms. The summed E-state index contributed by atoms with van der Waals surface area (Å²) < 4.78 is 16.2. The number of rotatable bonds is 9. The third-order valence-electron chi connectivity index (χ3n) is 4.20. The maximum absolute atomic E-state index is 5.43. The fourth-order valence-electron chi connectivity index (χ4n) is 2.71. The van der Waals surface area contributed by atoms with Crippen LogP contribution in [-0.2, 0) is 6.54 Å². The smallest absolute Gasteiger partial charge is 0.203 e. The highest BCUT2D eigenvalue weighted by atomic mass is 16.5. The predicted molar refractivity (Wildman–Crippen MR) is 102 cm³/mol. The molecule has 0 atom stereocenters. The summed E-state index contributed by atoms with van der Waals surface area (Å²) in [5.41, 5.74) is 2.35. The van der Waals surface area contributed by atoms with Crippen molar-refractivity contribution in [2.75, 3.05) is 53.4 Å². The van der Waals surface area contributed by atoms with E-state index in [-0.39, 0.29) is 0 Å². The van der Waals surface area contributed by atoms with E-state index in [1.807, 2.05) is 18.2 Å². The molecule has 2 rings (SSSR count). The molecule has 0 aliphatic heterocycles. The van der Waals surface area contributed by atoms with Crippen LogP contribution >= 0.6 is 0 Å². The Labute approximate surface area is 150 Å². The van der Waals surface area contributed by atoms with Crippen LogP contribution in [0.3, 0.4) is 0 Å². The van der Waals surface area contributed by atoms with Crippen LogP contribution in [0.15, 0.2) is 42.5 Å². The van der Waals surface area contributed by atoms with Crippen molar-refractivity contribution in [1.29, 1.82) is 0 Å². The van der Waals surface area contributed by atoms with E-state index >= 15 is 0 Å². The monoisotopic (exact) mass is 344 g/mol. The van der Waals surface area contributed by atoms with Gasteiger partial charge in [0.2, 0.25) is 5.75 Å². The Hall–Kier alpha value is -2.40. The highest BCUT2D eigenvalue weighted by molar-refractivity contribution is 5.63. The summed E-state index contributed by atoms with van der Waals surface area (Å²) >= 11 is 0. The van der Waals surface area contributed by atoms with Crippen LogP contribution in [0, 0.1) is 0 Å². The molecule has 0 spiro atoms. The molecule has 2 aromatic carbocycles. The van der Waals surface area contributed by atoms with E-state index in [1.165, 1.54) is 5.56 Å². The van der Waals surface area contributed by atoms with E-state index in [9.17, 15) is 0 Å². The average Bonchev–Trinajstić information content (AvgIpc) is 2.65. The van der Waals surface area contributed by atoms with E-state index in [1.54, 1.807) is 21.3 Å². The molecule has 0 saturated heterocycles. The van der Waals surface area contributed by atoms with Crippen LogP contribution < -0.4 is 19.1 Å². The summed E-state index contributed by atoms with van der Waals surface area (Å²) in [6.45, 7) is 2.77. The van der Waals surface area contributed by atoms with Crippen LogP contribution in [0.2, 0.25) is 0 Å². The minimum absolute atomic E-state index is 0.614. The topological polar surface area (TPSA) is 34.2 Å². The lowest BCUT2D eigenvalue weighted by atomic mass is 10.2. The number of methoxy groups -OCH3 is 3. The van der Waals surface area contributed by atoms with Gasteiger partial charge in [0.25, 0.3) is 0 Å². The Kier molecular flexibility index (Phi) is 6.95. The normalized spacial score (nSPS) is 10.6. The third-order valence-corrected chi connectivity index (χ3v) is 4.20. The molecule has 0 radical (unpaired) electrons. The quantitative estimate of drug-likeness (QED) is 0.697. The molecule has 0 aliphatic carbocycles. The van der Waals surface area contributed by atoms with E-state index in [0.29, 0.717) is 17.2 Å². The minimum Gasteiger partial charge on any atom is -0.493 e. The Morgan fingerprint density at radius 1 is 0.800 bits per heavy atom. The summed E-state index contributed by atoms with van der Waals surface area (Å²) in [6.07, 6.45) is 0. The number of hydrogen-bond donors (Lipinski definition) is 0. The highest BCUT2D eigenvalue weighted by Gasteiger charge is 2.15. The summed E-state index contributed by atoms with van der Waals surface area (Å²) in [5, 5.41) is 0. The second-order valence-electron chi connectivity index (χ2n) is 6.03. The zero-order chi connectivity index (χ0) is 18.2. The van der Waals surface area contributed by atoms with Crippen LogP contribution in [0.4, 0.5) is 5.69 Å². The number of nitrogens with zero attached hydrogens (tertiary/aromatic N) is 2. The van der Waals surface area contributed by atoms with Crippen molar-refractivity contribution in [3.63, 3.8) is 0 Å². The Morgan fingerprint density at radius 3 is 1.92 bits per heavy atom. The first-order valence-electron chi connectivity index (χ1n) is 8.32. The van der Waals surface area contributed by atoms with Gasteiger partial charge in [0.05, 0.1) is 21.3 Å². The largest absolute Gasteiger partial charge is 0.493 e. The van der Waals surface area contributed by atoms with Crippen LogP contribution in [0.25, 0.3) is 0 Å². The van der Waals surface area contributed by atoms with Gasteiger partial charge in [0, 0.05) is 44.5 Å². The van der Waals surface area contributed by atoms with Gasteiger partial charge in [-0.3, -0.25) is 0 Å². The van der Waals surface area contributed by atoms with Crippen molar-refractivity contribution in [3.05, 3.63) is 48.0 Å². The summed E-state index contributed by atoms with van der Waals surface area (Å²) in [6, 6.07) is 14.4. The molecule has 2 aromatic rings. The van der Waals surface area contributed by atoms with E-state index in [0.717, 1.165) is 25.3 Å². The highest BCUT2D eigenvalue weighted by Crippen LogP contribution is 2.40. The molecule has 0 aliphatic rings. The lowest BCUT2D eigenvalue weighted by molar-refractivity contribution is 0.323. The molecule has 0 amide bonds. The van der Waals surface area contributed by atoms with Gasteiger partial charge >= 0.3 is 0 Å². The standard InChI is InChI=1S/C20H28N2O3/c1-21(15-16-9-7-6-8-10-16)11-12-22(2)17-13-18(23-3)20(25-5)19(14-17)24-4/h6-10,13-14H,11-12,15H2,1-5H3. The molecule has 0 unspecified atom stereocenters. The second-order valence-corrected chi connectivity index (χ2v) is 6.03. The maximum Gasteiger partial charge on any atom is 0.203 e. The van der Waals surface area contributed by atoms with Crippen LogP contribution in [-0.4, -0.2) is 53.4 Å². The fraction of sp³-hybridized carbons (Fsp3) is 0.400. The van der Waals surface area contributed by atoms with Crippen LogP contribution in [0.1, 0.15) is 5.56 Å². The van der Waals surface area contributed by atoms with Gasteiger partial charge in [0.15, 0.2) is 11.5 Å². The Bertz CT molecular complexity index is 636. The molecule has 0 N–H and O–H groups in total. The first kappa shape index (κ1) is 18.9. The van der Waals surface area contributed by atoms with Crippen molar-refractivity contribution in [2.24, 2.45) is 0 Å². The number of hydrogen-bond acceptors (Lipinski definition) is 5. The SMILES string of the molecule is COc1cc(N(C)CCN(C)Cc2ccccc2)cc(OC)c1OC. The van der Waals surface area contributed by atoms with Crippen molar-refractivity contribution in [1.82, 2.24) is 4.90 Å². The first-order chi connectivity index (χ1) is 12.1. The molecule has 25 heavy (non-hydrogen) atoms. The summed E-state index contributed by atoms with van der Waals surface area (Å²) in [5.74, 6) is 1.95. The number of likely N-dealkylation sites (N-methyl/N-ethyl adjacent to an activating group) is 2. The van der Waals surface area contributed by atoms with E-state index < -0.39 is 0 Å². The molecule has 0 fully saturated rings. The Balaban J connectivity index is 2.01. The number of anilines is 1. The molecule has 136 valence electrons. The summed E-state index contributed by atoms with van der Waals surface area (Å²) in [4.78, 5) is 4.50. The molecule has 0 heterocycles. The number of ether oxygens (including phenoxy) is 3.